The average Bonchev–Trinajstić information content (AvgIpc) is 3.11. The molecule has 0 aromatic heterocycles. The molecule has 0 bridgehead atoms. The van der Waals surface area contributed by atoms with Crippen LogP contribution in [-0.2, 0) is 19.2 Å². The summed E-state index contributed by atoms with van der Waals surface area (Å²) in [5, 5.41) is 0. The van der Waals surface area contributed by atoms with Crippen LogP contribution in [0.1, 0.15) is 38.5 Å². The van der Waals surface area contributed by atoms with Crippen molar-refractivity contribution in [1.29, 1.82) is 0 Å². The standard InChI is InChI=1S/C14H20N2O4/c17-9-3-6-13(19)16-8-2-5-12(16)14(20)15-7-1-4-11(15)10-18/h9-12H,1-8H2/t11-,12-/m0/s1. The normalized spacial score (nSPS) is 25.8. The number of amides is 2. The number of carbonyl (C=O) groups excluding carboxylic acids is 4. The second kappa shape index (κ2) is 6.63. The average molecular weight is 280 g/mol. The molecule has 0 spiro atoms. The summed E-state index contributed by atoms with van der Waals surface area (Å²) in [6.45, 7) is 1.16. The van der Waals surface area contributed by atoms with E-state index in [9.17, 15) is 19.2 Å². The van der Waals surface area contributed by atoms with Crippen molar-refractivity contribution in [3.8, 4) is 0 Å². The Labute approximate surface area is 118 Å². The van der Waals surface area contributed by atoms with Gasteiger partial charge in [-0.2, -0.15) is 0 Å². The van der Waals surface area contributed by atoms with E-state index in [0.717, 1.165) is 19.1 Å². The number of rotatable bonds is 5. The smallest absolute Gasteiger partial charge is 0.245 e. The van der Waals surface area contributed by atoms with Crippen LogP contribution in [0, 0.1) is 0 Å². The third kappa shape index (κ3) is 2.89. The number of aldehydes is 2. The number of likely N-dealkylation sites (tertiary alicyclic amines) is 2. The van der Waals surface area contributed by atoms with Crippen molar-refractivity contribution in [3.05, 3.63) is 0 Å². The van der Waals surface area contributed by atoms with E-state index in [4.69, 9.17) is 0 Å². The van der Waals surface area contributed by atoms with Gasteiger partial charge in [0.05, 0.1) is 6.04 Å². The SMILES string of the molecule is O=CCCC(=O)N1CCC[C@H]1C(=O)N1CCC[C@H]1C=O. The molecule has 0 aliphatic carbocycles. The molecular weight excluding hydrogens is 260 g/mol. The molecular formula is C14H20N2O4. The lowest BCUT2D eigenvalue weighted by Gasteiger charge is -2.29. The van der Waals surface area contributed by atoms with Gasteiger partial charge in [-0.15, -0.1) is 0 Å². The van der Waals surface area contributed by atoms with Crippen LogP contribution in [0.15, 0.2) is 0 Å². The van der Waals surface area contributed by atoms with Crippen LogP contribution in [-0.4, -0.2) is 59.4 Å². The monoisotopic (exact) mass is 280 g/mol. The molecule has 2 aliphatic rings. The van der Waals surface area contributed by atoms with Crippen molar-refractivity contribution in [1.82, 2.24) is 9.80 Å². The summed E-state index contributed by atoms with van der Waals surface area (Å²) in [6.07, 6.45) is 4.87. The lowest BCUT2D eigenvalue weighted by atomic mass is 10.1. The van der Waals surface area contributed by atoms with E-state index in [0.29, 0.717) is 32.2 Å². The summed E-state index contributed by atoms with van der Waals surface area (Å²) in [6, 6.07) is -0.787. The van der Waals surface area contributed by atoms with E-state index in [1.807, 2.05) is 0 Å². The Kier molecular flexibility index (Phi) is 4.87. The Morgan fingerprint density at radius 1 is 1.05 bits per heavy atom. The van der Waals surface area contributed by atoms with Gasteiger partial charge in [-0.05, 0) is 25.7 Å². The van der Waals surface area contributed by atoms with Gasteiger partial charge in [0, 0.05) is 25.9 Å². The minimum absolute atomic E-state index is 0.114. The van der Waals surface area contributed by atoms with Crippen molar-refractivity contribution < 1.29 is 19.2 Å². The zero-order chi connectivity index (χ0) is 14.5. The fourth-order valence-electron chi connectivity index (χ4n) is 3.05. The first-order valence-corrected chi connectivity index (χ1v) is 7.18. The van der Waals surface area contributed by atoms with Crippen LogP contribution in [0.2, 0.25) is 0 Å². The maximum absolute atomic E-state index is 12.5. The summed E-state index contributed by atoms with van der Waals surface area (Å²) in [5.74, 6) is -0.258. The van der Waals surface area contributed by atoms with Crippen LogP contribution in [0.4, 0.5) is 0 Å². The molecule has 0 aromatic rings. The summed E-state index contributed by atoms with van der Waals surface area (Å²) >= 11 is 0. The Morgan fingerprint density at radius 2 is 1.75 bits per heavy atom. The highest BCUT2D eigenvalue weighted by atomic mass is 16.2. The predicted molar refractivity (Wildman–Crippen MR) is 70.8 cm³/mol. The van der Waals surface area contributed by atoms with E-state index >= 15 is 0 Å². The molecule has 6 heteroatoms. The minimum atomic E-state index is -0.449. The van der Waals surface area contributed by atoms with Gasteiger partial charge < -0.3 is 19.4 Å². The Hall–Kier alpha value is -1.72. The molecule has 2 heterocycles. The maximum Gasteiger partial charge on any atom is 0.245 e. The molecule has 6 nitrogen and oxygen atoms in total. The van der Waals surface area contributed by atoms with Crippen molar-refractivity contribution in [2.45, 2.75) is 50.6 Å². The zero-order valence-electron chi connectivity index (χ0n) is 11.5. The number of nitrogens with zero attached hydrogens (tertiary/aromatic N) is 2. The molecule has 2 rings (SSSR count). The van der Waals surface area contributed by atoms with Crippen molar-refractivity contribution in [3.63, 3.8) is 0 Å². The molecule has 0 saturated carbocycles. The van der Waals surface area contributed by atoms with Gasteiger partial charge in [0.25, 0.3) is 0 Å². The molecule has 20 heavy (non-hydrogen) atoms. The molecule has 2 atom stereocenters. The van der Waals surface area contributed by atoms with Crippen LogP contribution < -0.4 is 0 Å². The molecule has 0 N–H and O–H groups in total. The lowest BCUT2D eigenvalue weighted by Crippen LogP contribution is -2.49. The third-order valence-electron chi connectivity index (χ3n) is 4.07. The highest BCUT2D eigenvalue weighted by molar-refractivity contribution is 5.90. The molecule has 2 fully saturated rings. The molecule has 2 saturated heterocycles. The van der Waals surface area contributed by atoms with Crippen LogP contribution >= 0.6 is 0 Å². The van der Waals surface area contributed by atoms with E-state index < -0.39 is 6.04 Å². The molecule has 2 aliphatic heterocycles. The van der Waals surface area contributed by atoms with Gasteiger partial charge in [-0.1, -0.05) is 0 Å². The largest absolute Gasteiger partial charge is 0.331 e. The van der Waals surface area contributed by atoms with Crippen molar-refractivity contribution in [2.75, 3.05) is 13.1 Å². The summed E-state index contributed by atoms with van der Waals surface area (Å²) in [5.41, 5.74) is 0. The Balaban J connectivity index is 2.02. The fraction of sp³-hybridized carbons (Fsp3) is 0.714. The summed E-state index contributed by atoms with van der Waals surface area (Å²) in [7, 11) is 0. The first-order valence-electron chi connectivity index (χ1n) is 7.18. The maximum atomic E-state index is 12.5. The van der Waals surface area contributed by atoms with E-state index in [2.05, 4.69) is 0 Å². The second-order valence-corrected chi connectivity index (χ2v) is 5.33. The molecule has 2 amide bonds. The summed E-state index contributed by atoms with van der Waals surface area (Å²) in [4.78, 5) is 49.0. The minimum Gasteiger partial charge on any atom is -0.331 e. The highest BCUT2D eigenvalue weighted by Crippen LogP contribution is 2.24. The van der Waals surface area contributed by atoms with Gasteiger partial charge in [-0.25, -0.2) is 0 Å². The molecule has 0 aromatic carbocycles. The Bertz CT molecular complexity index is 410. The van der Waals surface area contributed by atoms with Gasteiger partial charge in [-0.3, -0.25) is 9.59 Å². The summed E-state index contributed by atoms with van der Waals surface area (Å²) < 4.78 is 0. The topological polar surface area (TPSA) is 74.8 Å². The number of hydrogen-bond donors (Lipinski definition) is 0. The van der Waals surface area contributed by atoms with Crippen LogP contribution in [0.25, 0.3) is 0 Å². The van der Waals surface area contributed by atoms with Crippen molar-refractivity contribution in [2.24, 2.45) is 0 Å². The Morgan fingerprint density at radius 3 is 2.45 bits per heavy atom. The van der Waals surface area contributed by atoms with E-state index in [1.165, 1.54) is 0 Å². The number of hydrogen-bond acceptors (Lipinski definition) is 4. The van der Waals surface area contributed by atoms with E-state index in [1.54, 1.807) is 9.80 Å². The quantitative estimate of drug-likeness (QED) is 0.672. The predicted octanol–water partition coefficient (Wildman–Crippen LogP) is 0.146. The van der Waals surface area contributed by atoms with Gasteiger partial charge >= 0.3 is 0 Å². The lowest BCUT2D eigenvalue weighted by molar-refractivity contribution is -0.145. The third-order valence-corrected chi connectivity index (χ3v) is 4.07. The fourth-order valence-corrected chi connectivity index (χ4v) is 3.05. The van der Waals surface area contributed by atoms with Crippen molar-refractivity contribution >= 4 is 24.4 Å². The van der Waals surface area contributed by atoms with Gasteiger partial charge in [0.2, 0.25) is 11.8 Å². The van der Waals surface area contributed by atoms with Gasteiger partial charge in [0.1, 0.15) is 18.6 Å². The first kappa shape index (κ1) is 14.7. The molecule has 0 unspecified atom stereocenters. The van der Waals surface area contributed by atoms with E-state index in [-0.39, 0.29) is 30.7 Å². The van der Waals surface area contributed by atoms with Gasteiger partial charge in [0.15, 0.2) is 0 Å². The highest BCUT2D eigenvalue weighted by Gasteiger charge is 2.39. The van der Waals surface area contributed by atoms with Crippen LogP contribution in [0.3, 0.4) is 0 Å². The molecule has 110 valence electrons. The second-order valence-electron chi connectivity index (χ2n) is 5.33. The zero-order valence-corrected chi connectivity index (χ0v) is 11.5. The molecule has 0 radical (unpaired) electrons. The first-order chi connectivity index (χ1) is 9.69. The van der Waals surface area contributed by atoms with Crippen LogP contribution in [0.5, 0.6) is 0 Å². The number of carbonyl (C=O) groups is 4.